The molecule has 1 amide bonds. The lowest BCUT2D eigenvalue weighted by Crippen LogP contribution is -2.35. The van der Waals surface area contributed by atoms with Crippen LogP contribution in [0.25, 0.3) is 0 Å². The fourth-order valence-corrected chi connectivity index (χ4v) is 4.84. The van der Waals surface area contributed by atoms with E-state index in [4.69, 9.17) is 16.3 Å². The van der Waals surface area contributed by atoms with Gasteiger partial charge >= 0.3 is 0 Å². The van der Waals surface area contributed by atoms with Crippen LogP contribution in [-0.2, 0) is 21.2 Å². The molecule has 1 aliphatic rings. The Morgan fingerprint density at radius 2 is 2.04 bits per heavy atom. The van der Waals surface area contributed by atoms with E-state index in [1.807, 2.05) is 32.0 Å². The number of hydrogen-bond acceptors (Lipinski definition) is 4. The average molecular weight is 423 g/mol. The second-order valence-corrected chi connectivity index (χ2v) is 8.98. The number of ether oxygens (including phenoxy) is 1. The molecule has 0 spiro atoms. The number of carbonyl (C=O) groups is 1. The van der Waals surface area contributed by atoms with Crippen molar-refractivity contribution in [1.82, 2.24) is 5.32 Å². The molecule has 0 aliphatic carbocycles. The van der Waals surface area contributed by atoms with Gasteiger partial charge in [-0.25, -0.2) is 8.42 Å². The highest BCUT2D eigenvalue weighted by atomic mass is 35.5. The predicted molar refractivity (Wildman–Crippen MR) is 110 cm³/mol. The number of rotatable bonds is 7. The molecule has 2 aromatic carbocycles. The number of para-hydroxylation sites is 1. The maximum absolute atomic E-state index is 13.0. The van der Waals surface area contributed by atoms with Crippen LogP contribution in [0.2, 0.25) is 5.02 Å². The van der Waals surface area contributed by atoms with E-state index < -0.39 is 10.0 Å². The van der Waals surface area contributed by atoms with Crippen molar-refractivity contribution in [2.24, 2.45) is 0 Å². The first-order valence-electron chi connectivity index (χ1n) is 9.15. The smallest absolute Gasteiger partial charge is 0.264 e. The Hall–Kier alpha value is -2.25. The summed E-state index contributed by atoms with van der Waals surface area (Å²) in [6, 6.07) is 11.8. The number of carbonyl (C=O) groups excluding carboxylic acids is 1. The van der Waals surface area contributed by atoms with Crippen molar-refractivity contribution in [3.05, 3.63) is 53.1 Å². The van der Waals surface area contributed by atoms with E-state index in [1.165, 1.54) is 22.5 Å². The Morgan fingerprint density at radius 1 is 1.29 bits per heavy atom. The number of benzene rings is 2. The van der Waals surface area contributed by atoms with Gasteiger partial charge in [-0.05, 0) is 49.6 Å². The minimum absolute atomic E-state index is 0.0578. The zero-order valence-corrected chi connectivity index (χ0v) is 17.4. The lowest BCUT2D eigenvalue weighted by atomic mass is 10.2. The molecule has 1 heterocycles. The van der Waals surface area contributed by atoms with E-state index in [0.717, 1.165) is 12.0 Å². The molecule has 0 radical (unpaired) electrons. The van der Waals surface area contributed by atoms with E-state index in [1.54, 1.807) is 6.07 Å². The zero-order valence-electron chi connectivity index (χ0n) is 15.8. The standard InChI is InChI=1S/C20H23ClN2O4S/c1-3-14(2)22-20(24)13-27-19-9-8-16(12-17(19)21)28(25,26)23-11-10-15-6-4-5-7-18(15)23/h4-9,12,14H,3,10-11,13H2,1-2H3,(H,22,24)/t14-/m0/s1. The summed E-state index contributed by atoms with van der Waals surface area (Å²) in [6.45, 7) is 4.09. The monoisotopic (exact) mass is 422 g/mol. The third kappa shape index (κ3) is 4.25. The number of amides is 1. The summed E-state index contributed by atoms with van der Waals surface area (Å²) in [6.07, 6.45) is 1.49. The summed E-state index contributed by atoms with van der Waals surface area (Å²) in [5.74, 6) is 0.0116. The average Bonchev–Trinajstić information content (AvgIpc) is 3.11. The van der Waals surface area contributed by atoms with Crippen LogP contribution in [0.4, 0.5) is 5.69 Å². The molecule has 28 heavy (non-hydrogen) atoms. The first-order chi connectivity index (χ1) is 13.3. The van der Waals surface area contributed by atoms with Crippen LogP contribution in [-0.4, -0.2) is 33.5 Å². The molecule has 0 bridgehead atoms. The van der Waals surface area contributed by atoms with Gasteiger partial charge in [-0.1, -0.05) is 36.7 Å². The van der Waals surface area contributed by atoms with Gasteiger partial charge in [-0.2, -0.15) is 0 Å². The van der Waals surface area contributed by atoms with Gasteiger partial charge in [0.1, 0.15) is 5.75 Å². The third-order valence-corrected chi connectivity index (χ3v) is 6.82. The normalized spacial score (nSPS) is 14.5. The van der Waals surface area contributed by atoms with Crippen LogP contribution < -0.4 is 14.4 Å². The van der Waals surface area contributed by atoms with Gasteiger partial charge in [0.2, 0.25) is 0 Å². The van der Waals surface area contributed by atoms with Crippen molar-refractivity contribution in [3.63, 3.8) is 0 Å². The Kier molecular flexibility index (Phi) is 6.15. The number of halogens is 1. The van der Waals surface area contributed by atoms with Crippen molar-refractivity contribution in [1.29, 1.82) is 0 Å². The summed E-state index contributed by atoms with van der Waals surface area (Å²) in [4.78, 5) is 11.9. The summed E-state index contributed by atoms with van der Waals surface area (Å²) in [5, 5.41) is 2.94. The molecule has 1 aliphatic heterocycles. The molecule has 8 heteroatoms. The quantitative estimate of drug-likeness (QED) is 0.742. The van der Waals surface area contributed by atoms with Crippen molar-refractivity contribution in [3.8, 4) is 5.75 Å². The highest BCUT2D eigenvalue weighted by molar-refractivity contribution is 7.92. The largest absolute Gasteiger partial charge is 0.482 e. The highest BCUT2D eigenvalue weighted by Crippen LogP contribution is 2.34. The first kappa shape index (κ1) is 20.5. The molecular weight excluding hydrogens is 400 g/mol. The van der Waals surface area contributed by atoms with Gasteiger partial charge in [0.15, 0.2) is 6.61 Å². The van der Waals surface area contributed by atoms with Gasteiger partial charge in [-0.3, -0.25) is 9.10 Å². The van der Waals surface area contributed by atoms with Crippen molar-refractivity contribution >= 4 is 33.2 Å². The highest BCUT2D eigenvalue weighted by Gasteiger charge is 2.31. The van der Waals surface area contributed by atoms with Crippen LogP contribution in [0.1, 0.15) is 25.8 Å². The lowest BCUT2D eigenvalue weighted by Gasteiger charge is -2.20. The minimum atomic E-state index is -3.73. The number of nitrogens with one attached hydrogen (secondary N) is 1. The molecular formula is C20H23ClN2O4S. The number of hydrogen-bond donors (Lipinski definition) is 1. The van der Waals surface area contributed by atoms with Gasteiger partial charge in [0.05, 0.1) is 15.6 Å². The molecule has 0 aromatic heterocycles. The molecule has 1 N–H and O–H groups in total. The first-order valence-corrected chi connectivity index (χ1v) is 11.0. The van der Waals surface area contributed by atoms with E-state index in [-0.39, 0.29) is 34.2 Å². The Morgan fingerprint density at radius 3 is 2.75 bits per heavy atom. The fourth-order valence-electron chi connectivity index (χ4n) is 3.01. The Balaban J connectivity index is 1.74. The molecule has 0 fully saturated rings. The summed E-state index contributed by atoms with van der Waals surface area (Å²) in [7, 11) is -3.73. The maximum Gasteiger partial charge on any atom is 0.264 e. The summed E-state index contributed by atoms with van der Waals surface area (Å²) in [5.41, 5.74) is 1.70. The molecule has 3 rings (SSSR count). The summed E-state index contributed by atoms with van der Waals surface area (Å²) < 4.78 is 32.9. The topological polar surface area (TPSA) is 75.7 Å². The van der Waals surface area contributed by atoms with Gasteiger partial charge in [-0.15, -0.1) is 0 Å². The van der Waals surface area contributed by atoms with E-state index in [9.17, 15) is 13.2 Å². The maximum atomic E-state index is 13.0. The zero-order chi connectivity index (χ0) is 20.3. The van der Waals surface area contributed by atoms with E-state index in [2.05, 4.69) is 5.32 Å². The van der Waals surface area contributed by atoms with E-state index >= 15 is 0 Å². The number of fused-ring (bicyclic) bond motifs is 1. The number of nitrogens with zero attached hydrogens (tertiary/aromatic N) is 1. The second kappa shape index (κ2) is 8.41. The Labute approximate surface area is 170 Å². The number of sulfonamides is 1. The van der Waals surface area contributed by atoms with Crippen LogP contribution in [0.15, 0.2) is 47.4 Å². The summed E-state index contributed by atoms with van der Waals surface area (Å²) >= 11 is 6.22. The van der Waals surface area contributed by atoms with Crippen LogP contribution >= 0.6 is 11.6 Å². The molecule has 6 nitrogen and oxygen atoms in total. The molecule has 1 atom stereocenters. The molecule has 0 saturated carbocycles. The van der Waals surface area contributed by atoms with Crippen LogP contribution in [0.3, 0.4) is 0 Å². The van der Waals surface area contributed by atoms with Gasteiger partial charge in [0.25, 0.3) is 15.9 Å². The molecule has 0 unspecified atom stereocenters. The fraction of sp³-hybridized carbons (Fsp3) is 0.350. The second-order valence-electron chi connectivity index (χ2n) is 6.71. The SMILES string of the molecule is CC[C@H](C)NC(=O)COc1ccc(S(=O)(=O)N2CCc3ccccc32)cc1Cl. The molecule has 2 aromatic rings. The van der Waals surface area contributed by atoms with Gasteiger partial charge < -0.3 is 10.1 Å². The number of anilines is 1. The van der Waals surface area contributed by atoms with Crippen molar-refractivity contribution in [2.75, 3.05) is 17.5 Å². The van der Waals surface area contributed by atoms with Crippen LogP contribution in [0.5, 0.6) is 5.75 Å². The minimum Gasteiger partial charge on any atom is -0.482 e. The Bertz CT molecular complexity index is 978. The molecule has 150 valence electrons. The lowest BCUT2D eigenvalue weighted by molar-refractivity contribution is -0.123. The van der Waals surface area contributed by atoms with E-state index in [0.29, 0.717) is 18.7 Å². The third-order valence-electron chi connectivity index (χ3n) is 4.71. The van der Waals surface area contributed by atoms with Crippen molar-refractivity contribution in [2.45, 2.75) is 37.6 Å². The molecule has 0 saturated heterocycles. The van der Waals surface area contributed by atoms with Crippen molar-refractivity contribution < 1.29 is 17.9 Å². The van der Waals surface area contributed by atoms with Crippen LogP contribution in [0, 0.1) is 0 Å². The van der Waals surface area contributed by atoms with Gasteiger partial charge in [0, 0.05) is 12.6 Å². The predicted octanol–water partition coefficient (Wildman–Crippen LogP) is 3.38.